The van der Waals surface area contributed by atoms with E-state index in [2.05, 4.69) is 0 Å². The molecular formula is C7H6N2O. The predicted molar refractivity (Wildman–Crippen MR) is 38.1 cm³/mol. The molecule has 0 atom stereocenters. The van der Waals surface area contributed by atoms with E-state index in [4.69, 9.17) is 5.73 Å². The van der Waals surface area contributed by atoms with Crippen molar-refractivity contribution < 1.29 is 4.79 Å². The Balaban J connectivity index is 2.82. The van der Waals surface area contributed by atoms with Crippen LogP contribution in [0.2, 0.25) is 0 Å². The number of fused-ring (bicyclic) bond motifs is 2. The summed E-state index contributed by atoms with van der Waals surface area (Å²) in [6.07, 6.45) is 0. The van der Waals surface area contributed by atoms with E-state index in [-0.39, 0.29) is 0 Å². The van der Waals surface area contributed by atoms with Gasteiger partial charge >= 0.3 is 6.03 Å². The number of carbonyl (C=O) groups excluding carboxylic acids is 1. The van der Waals surface area contributed by atoms with E-state index in [1.807, 2.05) is 24.3 Å². The Hall–Kier alpha value is -1.51. The molecule has 0 fully saturated rings. The maximum atomic E-state index is 10.7. The van der Waals surface area contributed by atoms with Gasteiger partial charge in [0.1, 0.15) is 0 Å². The minimum absolute atomic E-state index is 0.417. The van der Waals surface area contributed by atoms with Crippen LogP contribution < -0.4 is 5.73 Å². The molecule has 50 valence electrons. The number of nitrogens with two attached hydrogens (primary N) is 1. The van der Waals surface area contributed by atoms with E-state index in [1.54, 1.807) is 0 Å². The first-order valence-corrected chi connectivity index (χ1v) is 2.98. The van der Waals surface area contributed by atoms with Gasteiger partial charge in [-0.3, -0.25) is 4.57 Å². The van der Waals surface area contributed by atoms with Crippen molar-refractivity contribution in [2.75, 3.05) is 0 Å². The molecule has 0 unspecified atom stereocenters. The van der Waals surface area contributed by atoms with Gasteiger partial charge in [0.25, 0.3) is 0 Å². The first-order valence-electron chi connectivity index (χ1n) is 2.98. The summed E-state index contributed by atoms with van der Waals surface area (Å²) in [6.45, 7) is 0. The number of primary amides is 1. The third kappa shape index (κ3) is 0.466. The molecule has 10 heavy (non-hydrogen) atoms. The van der Waals surface area contributed by atoms with Gasteiger partial charge in [0.2, 0.25) is 0 Å². The lowest BCUT2D eigenvalue weighted by atomic mass is 10.4. The number of hydrogen-bond acceptors (Lipinski definition) is 1. The topological polar surface area (TPSA) is 48.0 Å². The van der Waals surface area contributed by atoms with Gasteiger partial charge in [-0.05, 0) is 24.3 Å². The Labute approximate surface area is 57.4 Å². The largest absolute Gasteiger partial charge is 0.351 e. The van der Waals surface area contributed by atoms with Crippen LogP contribution >= 0.6 is 0 Å². The Morgan fingerprint density at radius 1 is 1.20 bits per heavy atom. The average Bonchev–Trinajstić information content (AvgIpc) is 2.43. The molecule has 2 heterocycles. The van der Waals surface area contributed by atoms with Crippen LogP contribution in [0.15, 0.2) is 24.3 Å². The highest BCUT2D eigenvalue weighted by molar-refractivity contribution is 5.89. The van der Waals surface area contributed by atoms with Crippen LogP contribution in [0.5, 0.6) is 0 Å². The summed E-state index contributed by atoms with van der Waals surface area (Å²) in [5, 5.41) is 0. The van der Waals surface area contributed by atoms with Gasteiger partial charge in [0.05, 0.1) is 11.0 Å². The number of amides is 1. The van der Waals surface area contributed by atoms with Crippen molar-refractivity contribution in [3.63, 3.8) is 0 Å². The Kier molecular flexibility index (Phi) is 0.795. The number of benzene rings is 1. The fourth-order valence-corrected chi connectivity index (χ4v) is 1.15. The molecule has 2 aromatic rings. The van der Waals surface area contributed by atoms with Gasteiger partial charge in [-0.25, -0.2) is 4.79 Å². The molecule has 0 aromatic carbocycles. The van der Waals surface area contributed by atoms with Crippen LogP contribution in [0.4, 0.5) is 4.79 Å². The van der Waals surface area contributed by atoms with Crippen molar-refractivity contribution in [1.29, 1.82) is 0 Å². The molecule has 2 bridgehead atoms. The molecule has 3 heteroatoms. The summed E-state index contributed by atoms with van der Waals surface area (Å²) in [6, 6.07) is 7.03. The van der Waals surface area contributed by atoms with Crippen molar-refractivity contribution >= 4 is 17.1 Å². The lowest BCUT2D eigenvalue weighted by Crippen LogP contribution is -2.17. The Morgan fingerprint density at radius 2 is 1.60 bits per heavy atom. The van der Waals surface area contributed by atoms with Crippen molar-refractivity contribution in [2.45, 2.75) is 0 Å². The van der Waals surface area contributed by atoms with Crippen LogP contribution in [0.1, 0.15) is 0 Å². The van der Waals surface area contributed by atoms with E-state index in [9.17, 15) is 4.79 Å². The number of carbonyl (C=O) groups is 1. The lowest BCUT2D eigenvalue weighted by Gasteiger charge is -1.92. The normalized spacial score (nSPS) is 10.8. The second-order valence-corrected chi connectivity index (χ2v) is 2.19. The van der Waals surface area contributed by atoms with Gasteiger partial charge in [-0.2, -0.15) is 0 Å². The highest BCUT2D eigenvalue weighted by Crippen LogP contribution is 2.14. The Morgan fingerprint density at radius 3 is 1.80 bits per heavy atom. The third-order valence-corrected chi connectivity index (χ3v) is 1.59. The van der Waals surface area contributed by atoms with Crippen LogP contribution in [0.25, 0.3) is 11.0 Å². The number of rotatable bonds is 0. The summed E-state index contributed by atoms with van der Waals surface area (Å²) in [5.74, 6) is 0. The summed E-state index contributed by atoms with van der Waals surface area (Å²) in [7, 11) is 0. The molecule has 1 amide bonds. The summed E-state index contributed by atoms with van der Waals surface area (Å²) < 4.78 is 1.47. The third-order valence-electron chi connectivity index (χ3n) is 1.59. The summed E-state index contributed by atoms with van der Waals surface area (Å²) in [4.78, 5) is 10.7. The standard InChI is InChI=1S/C7H6N2O/c8-7(10)9-5-1-2-6(9)4-3-5/h1-4H,(H2,8,10). The zero-order valence-corrected chi connectivity index (χ0v) is 5.24. The van der Waals surface area contributed by atoms with Crippen molar-refractivity contribution in [3.05, 3.63) is 24.3 Å². The number of aromatic nitrogens is 1. The molecule has 0 spiro atoms. The zero-order valence-electron chi connectivity index (χ0n) is 5.24. The van der Waals surface area contributed by atoms with Crippen molar-refractivity contribution in [1.82, 2.24) is 4.57 Å². The van der Waals surface area contributed by atoms with Gasteiger partial charge < -0.3 is 5.73 Å². The van der Waals surface area contributed by atoms with Crippen molar-refractivity contribution in [2.24, 2.45) is 5.73 Å². The van der Waals surface area contributed by atoms with E-state index in [0.29, 0.717) is 0 Å². The van der Waals surface area contributed by atoms with Crippen LogP contribution in [0, 0.1) is 0 Å². The Bertz CT molecular complexity index is 315. The zero-order chi connectivity index (χ0) is 7.14. The molecule has 0 aliphatic heterocycles. The quantitative estimate of drug-likeness (QED) is 0.574. The highest BCUT2D eigenvalue weighted by Gasteiger charge is 2.06. The maximum absolute atomic E-state index is 10.7. The van der Waals surface area contributed by atoms with Gasteiger partial charge in [0, 0.05) is 0 Å². The molecule has 2 rings (SSSR count). The van der Waals surface area contributed by atoms with E-state index in [1.165, 1.54) is 4.57 Å². The number of nitrogens with zero attached hydrogens (tertiary/aromatic N) is 1. The van der Waals surface area contributed by atoms with Crippen LogP contribution in [-0.4, -0.2) is 10.6 Å². The maximum Gasteiger partial charge on any atom is 0.323 e. The fourth-order valence-electron chi connectivity index (χ4n) is 1.15. The van der Waals surface area contributed by atoms with Gasteiger partial charge in [-0.15, -0.1) is 0 Å². The lowest BCUT2D eigenvalue weighted by molar-refractivity contribution is 0.252. The van der Waals surface area contributed by atoms with E-state index < -0.39 is 6.03 Å². The van der Waals surface area contributed by atoms with Crippen molar-refractivity contribution in [3.8, 4) is 0 Å². The molecule has 3 nitrogen and oxygen atoms in total. The first kappa shape index (κ1) is 5.29. The van der Waals surface area contributed by atoms with Crippen LogP contribution in [0.3, 0.4) is 0 Å². The monoisotopic (exact) mass is 134 g/mol. The summed E-state index contributed by atoms with van der Waals surface area (Å²) in [5.41, 5.74) is 6.81. The second kappa shape index (κ2) is 1.50. The highest BCUT2D eigenvalue weighted by atomic mass is 16.2. The van der Waals surface area contributed by atoms with Gasteiger partial charge in [0.15, 0.2) is 0 Å². The first-order chi connectivity index (χ1) is 4.79. The second-order valence-electron chi connectivity index (χ2n) is 2.19. The fraction of sp³-hybridized carbons (Fsp3) is 0. The molecule has 0 saturated carbocycles. The smallest absolute Gasteiger partial charge is 0.323 e. The van der Waals surface area contributed by atoms with Gasteiger partial charge in [-0.1, -0.05) is 0 Å². The van der Waals surface area contributed by atoms with E-state index in [0.717, 1.165) is 11.0 Å². The molecule has 0 aliphatic carbocycles. The predicted octanol–water partition coefficient (Wildman–Crippen LogP) is 1.01. The molecule has 0 radical (unpaired) electrons. The van der Waals surface area contributed by atoms with Crippen LogP contribution in [-0.2, 0) is 0 Å². The minimum atomic E-state index is -0.417. The molecule has 2 N–H and O–H groups in total. The number of hydrogen-bond donors (Lipinski definition) is 1. The summed E-state index contributed by atoms with van der Waals surface area (Å²) >= 11 is 0. The molecule has 0 saturated heterocycles. The molecule has 2 aromatic heterocycles. The SMILES string of the molecule is NC(=O)n1c2ccc1cc2. The van der Waals surface area contributed by atoms with E-state index >= 15 is 0 Å². The average molecular weight is 134 g/mol. The molecular weight excluding hydrogens is 128 g/mol. The molecule has 0 aliphatic rings. The minimum Gasteiger partial charge on any atom is -0.351 e.